The first-order valence-electron chi connectivity index (χ1n) is 5.15. The molecular formula is C9H20N2O5S. The van der Waals surface area contributed by atoms with E-state index in [1.807, 2.05) is 0 Å². The molecule has 0 spiro atoms. The molecule has 0 saturated heterocycles. The number of aliphatic hydroxyl groups is 1. The van der Waals surface area contributed by atoms with Gasteiger partial charge in [0.1, 0.15) is 0 Å². The Balaban J connectivity index is 4.51. The SMILES string of the molecule is CC(C)N(C)S(=O)(=O)NCC(C)(O)CC(=O)O. The van der Waals surface area contributed by atoms with Crippen LogP contribution in [0.3, 0.4) is 0 Å². The largest absolute Gasteiger partial charge is 0.481 e. The summed E-state index contributed by atoms with van der Waals surface area (Å²) in [7, 11) is -2.30. The zero-order chi connectivity index (χ0) is 13.9. The topological polar surface area (TPSA) is 107 Å². The summed E-state index contributed by atoms with van der Waals surface area (Å²) in [5, 5.41) is 18.2. The number of aliphatic carboxylic acids is 1. The molecule has 0 amide bonds. The van der Waals surface area contributed by atoms with Gasteiger partial charge in [-0.05, 0) is 20.8 Å². The van der Waals surface area contributed by atoms with Gasteiger partial charge in [0.05, 0.1) is 12.0 Å². The van der Waals surface area contributed by atoms with Crippen LogP contribution in [0.2, 0.25) is 0 Å². The van der Waals surface area contributed by atoms with Crippen LogP contribution in [0, 0.1) is 0 Å². The Hall–Kier alpha value is -0.700. The Kier molecular flexibility index (Phi) is 5.53. The van der Waals surface area contributed by atoms with Crippen molar-refractivity contribution in [3.05, 3.63) is 0 Å². The van der Waals surface area contributed by atoms with E-state index < -0.39 is 28.2 Å². The van der Waals surface area contributed by atoms with Crippen molar-refractivity contribution in [2.45, 2.75) is 38.8 Å². The Bertz CT molecular complexity index is 364. The van der Waals surface area contributed by atoms with Crippen molar-refractivity contribution in [1.29, 1.82) is 0 Å². The summed E-state index contributed by atoms with van der Waals surface area (Å²) in [6.45, 7) is 4.32. The molecule has 0 aromatic heterocycles. The van der Waals surface area contributed by atoms with Crippen LogP contribution in [0.1, 0.15) is 27.2 Å². The fraction of sp³-hybridized carbons (Fsp3) is 0.889. The number of rotatable bonds is 7. The number of nitrogens with zero attached hydrogens (tertiary/aromatic N) is 1. The molecule has 102 valence electrons. The molecule has 7 nitrogen and oxygen atoms in total. The van der Waals surface area contributed by atoms with Crippen molar-refractivity contribution in [3.63, 3.8) is 0 Å². The van der Waals surface area contributed by atoms with Gasteiger partial charge in [0.15, 0.2) is 0 Å². The predicted octanol–water partition coefficient (Wildman–Crippen LogP) is -0.613. The van der Waals surface area contributed by atoms with Crippen molar-refractivity contribution in [2.75, 3.05) is 13.6 Å². The van der Waals surface area contributed by atoms with Crippen LogP contribution in [-0.2, 0) is 15.0 Å². The Labute approximate surface area is 102 Å². The fourth-order valence-electron chi connectivity index (χ4n) is 1.01. The molecule has 3 N–H and O–H groups in total. The maximum atomic E-state index is 11.7. The Morgan fingerprint density at radius 2 is 1.94 bits per heavy atom. The number of hydrogen-bond acceptors (Lipinski definition) is 4. The van der Waals surface area contributed by atoms with E-state index >= 15 is 0 Å². The fourth-order valence-corrected chi connectivity index (χ4v) is 2.27. The molecule has 0 fully saturated rings. The zero-order valence-electron chi connectivity index (χ0n) is 10.5. The number of hydrogen-bond donors (Lipinski definition) is 3. The van der Waals surface area contributed by atoms with Crippen molar-refractivity contribution < 1.29 is 23.4 Å². The summed E-state index contributed by atoms with van der Waals surface area (Å²) >= 11 is 0. The Morgan fingerprint density at radius 1 is 1.47 bits per heavy atom. The maximum Gasteiger partial charge on any atom is 0.306 e. The molecule has 8 heteroatoms. The smallest absolute Gasteiger partial charge is 0.306 e. The number of carbonyl (C=O) groups is 1. The quantitative estimate of drug-likeness (QED) is 0.571. The third-order valence-electron chi connectivity index (χ3n) is 2.27. The van der Waals surface area contributed by atoms with Gasteiger partial charge in [-0.3, -0.25) is 4.79 Å². The molecule has 1 unspecified atom stereocenters. The van der Waals surface area contributed by atoms with E-state index in [0.717, 1.165) is 4.31 Å². The summed E-state index contributed by atoms with van der Waals surface area (Å²) in [6.07, 6.45) is -0.527. The molecule has 0 saturated carbocycles. The van der Waals surface area contributed by atoms with Gasteiger partial charge < -0.3 is 10.2 Å². The third-order valence-corrected chi connectivity index (χ3v) is 3.96. The van der Waals surface area contributed by atoms with E-state index in [1.54, 1.807) is 13.8 Å². The standard InChI is InChI=1S/C9H20N2O5S/c1-7(2)11(4)17(15,16)10-6-9(3,14)5-8(12)13/h7,10,14H,5-6H2,1-4H3,(H,12,13). The monoisotopic (exact) mass is 268 g/mol. The third kappa shape index (κ3) is 5.97. The highest BCUT2D eigenvalue weighted by Crippen LogP contribution is 2.09. The van der Waals surface area contributed by atoms with Crippen molar-refractivity contribution in [2.24, 2.45) is 0 Å². The first-order chi connectivity index (χ1) is 7.48. The van der Waals surface area contributed by atoms with Crippen molar-refractivity contribution >= 4 is 16.2 Å². The van der Waals surface area contributed by atoms with Gasteiger partial charge in [-0.2, -0.15) is 17.4 Å². The highest BCUT2D eigenvalue weighted by molar-refractivity contribution is 7.87. The van der Waals surface area contributed by atoms with Crippen LogP contribution < -0.4 is 4.72 Å². The molecule has 0 rings (SSSR count). The zero-order valence-corrected chi connectivity index (χ0v) is 11.3. The van der Waals surface area contributed by atoms with Gasteiger partial charge in [-0.25, -0.2) is 0 Å². The average molecular weight is 268 g/mol. The summed E-state index contributed by atoms with van der Waals surface area (Å²) in [5.41, 5.74) is -1.61. The van der Waals surface area contributed by atoms with Gasteiger partial charge in [-0.1, -0.05) is 0 Å². The van der Waals surface area contributed by atoms with Gasteiger partial charge in [0.25, 0.3) is 10.2 Å². The Morgan fingerprint density at radius 3 is 2.29 bits per heavy atom. The number of nitrogens with one attached hydrogen (secondary N) is 1. The van der Waals surface area contributed by atoms with Crippen LogP contribution >= 0.6 is 0 Å². The molecule has 0 bridgehead atoms. The second-order valence-electron chi connectivity index (χ2n) is 4.50. The van der Waals surface area contributed by atoms with E-state index in [4.69, 9.17) is 5.11 Å². The second-order valence-corrected chi connectivity index (χ2v) is 6.32. The van der Waals surface area contributed by atoms with Gasteiger partial charge in [0.2, 0.25) is 0 Å². The molecule has 0 aliphatic rings. The van der Waals surface area contributed by atoms with Crippen LogP contribution in [0.15, 0.2) is 0 Å². The molecule has 0 radical (unpaired) electrons. The summed E-state index contributed by atoms with van der Waals surface area (Å²) in [5.74, 6) is -1.19. The lowest BCUT2D eigenvalue weighted by Gasteiger charge is -2.25. The molecule has 0 aliphatic carbocycles. The molecule has 0 aliphatic heterocycles. The molecule has 17 heavy (non-hydrogen) atoms. The number of carboxylic acid groups (broad SMARTS) is 1. The van der Waals surface area contributed by atoms with E-state index in [2.05, 4.69) is 4.72 Å². The van der Waals surface area contributed by atoms with Crippen molar-refractivity contribution in [1.82, 2.24) is 9.03 Å². The minimum Gasteiger partial charge on any atom is -0.481 e. The minimum atomic E-state index is -3.70. The van der Waals surface area contributed by atoms with Gasteiger partial charge >= 0.3 is 5.97 Å². The predicted molar refractivity (Wildman–Crippen MR) is 62.7 cm³/mol. The molecule has 0 aromatic carbocycles. The average Bonchev–Trinajstić information content (AvgIpc) is 2.12. The van der Waals surface area contributed by atoms with E-state index in [0.29, 0.717) is 0 Å². The number of carboxylic acids is 1. The summed E-state index contributed by atoms with van der Waals surface area (Å²) < 4.78 is 26.6. The summed E-state index contributed by atoms with van der Waals surface area (Å²) in [4.78, 5) is 10.4. The minimum absolute atomic E-state index is 0.225. The van der Waals surface area contributed by atoms with Gasteiger partial charge in [0, 0.05) is 19.6 Å². The molecule has 1 atom stereocenters. The van der Waals surface area contributed by atoms with Crippen LogP contribution in [0.25, 0.3) is 0 Å². The second kappa shape index (κ2) is 5.76. The van der Waals surface area contributed by atoms with Crippen LogP contribution in [-0.4, -0.2) is 54.1 Å². The lowest BCUT2D eigenvalue weighted by Crippen LogP contribution is -2.48. The molecular weight excluding hydrogens is 248 g/mol. The highest BCUT2D eigenvalue weighted by Gasteiger charge is 2.28. The lowest BCUT2D eigenvalue weighted by molar-refractivity contribution is -0.141. The van der Waals surface area contributed by atoms with E-state index in [-0.39, 0.29) is 12.6 Å². The lowest BCUT2D eigenvalue weighted by atomic mass is 10.0. The summed E-state index contributed by atoms with van der Waals surface area (Å²) in [6, 6.07) is -0.225. The molecule has 0 heterocycles. The normalized spacial score (nSPS) is 16.2. The van der Waals surface area contributed by atoms with E-state index in [9.17, 15) is 18.3 Å². The van der Waals surface area contributed by atoms with Crippen molar-refractivity contribution in [3.8, 4) is 0 Å². The van der Waals surface area contributed by atoms with Gasteiger partial charge in [-0.15, -0.1) is 0 Å². The highest BCUT2D eigenvalue weighted by atomic mass is 32.2. The maximum absolute atomic E-state index is 11.7. The van der Waals surface area contributed by atoms with Crippen LogP contribution in [0.4, 0.5) is 0 Å². The first-order valence-corrected chi connectivity index (χ1v) is 6.59. The molecule has 0 aromatic rings. The van der Waals surface area contributed by atoms with E-state index in [1.165, 1.54) is 14.0 Å². The first kappa shape index (κ1) is 16.3. The van der Waals surface area contributed by atoms with Crippen LogP contribution in [0.5, 0.6) is 0 Å².